The highest BCUT2D eigenvalue weighted by Crippen LogP contribution is 2.29. The summed E-state index contributed by atoms with van der Waals surface area (Å²) in [5.74, 6) is -0.193. The summed E-state index contributed by atoms with van der Waals surface area (Å²) in [4.78, 5) is 11.6. The Bertz CT molecular complexity index is 529. The number of nitriles is 1. The molecule has 1 amide bonds. The van der Waals surface area contributed by atoms with Gasteiger partial charge >= 0.3 is 6.09 Å². The summed E-state index contributed by atoms with van der Waals surface area (Å²) in [7, 11) is 0. The number of anilines is 1. The molecule has 1 aromatic carbocycles. The molecular weight excluding hydrogens is 260 g/mol. The van der Waals surface area contributed by atoms with Crippen molar-refractivity contribution in [2.24, 2.45) is 0 Å². The summed E-state index contributed by atoms with van der Waals surface area (Å²) >= 11 is 0. The van der Waals surface area contributed by atoms with Gasteiger partial charge in [-0.15, -0.1) is 0 Å². The summed E-state index contributed by atoms with van der Waals surface area (Å²) in [5.41, 5.74) is -0.0411. The molecule has 20 heavy (non-hydrogen) atoms. The molecule has 0 aliphatic heterocycles. The van der Waals surface area contributed by atoms with Gasteiger partial charge in [0.15, 0.2) is 0 Å². The molecule has 1 rings (SSSR count). The highest BCUT2D eigenvalue weighted by molar-refractivity contribution is 5.85. The van der Waals surface area contributed by atoms with E-state index in [1.807, 2.05) is 6.07 Å². The molecule has 3 N–H and O–H groups in total. The standard InChI is InChI=1S/C14H18N2O4/c1-14(2,3)20-13(19)16-9-4-5-10(12(18)8-9)11(17)6-7-15/h4-5,8,11,17-18H,6H2,1-3H3,(H,16,19). The highest BCUT2D eigenvalue weighted by Gasteiger charge is 2.17. The van der Waals surface area contributed by atoms with Crippen LogP contribution in [-0.2, 0) is 4.74 Å². The first-order valence-electron chi connectivity index (χ1n) is 6.11. The van der Waals surface area contributed by atoms with Gasteiger partial charge in [-0.3, -0.25) is 5.32 Å². The number of phenols is 1. The maximum atomic E-state index is 11.6. The number of hydrogen-bond acceptors (Lipinski definition) is 5. The number of aliphatic hydroxyl groups excluding tert-OH is 1. The van der Waals surface area contributed by atoms with Crippen LogP contribution in [0.4, 0.5) is 10.5 Å². The summed E-state index contributed by atoms with van der Waals surface area (Å²) in [6, 6.07) is 6.07. The Hall–Kier alpha value is -2.26. The molecule has 0 aliphatic rings. The number of carbonyl (C=O) groups is 1. The average molecular weight is 278 g/mol. The van der Waals surface area contributed by atoms with E-state index in [0.717, 1.165) is 0 Å². The largest absolute Gasteiger partial charge is 0.507 e. The van der Waals surface area contributed by atoms with Crippen LogP contribution in [0.3, 0.4) is 0 Å². The lowest BCUT2D eigenvalue weighted by Gasteiger charge is -2.20. The SMILES string of the molecule is CC(C)(C)OC(=O)Nc1ccc(C(O)CC#N)c(O)c1. The number of aliphatic hydroxyl groups is 1. The lowest BCUT2D eigenvalue weighted by molar-refractivity contribution is 0.0636. The lowest BCUT2D eigenvalue weighted by atomic mass is 10.1. The molecule has 108 valence electrons. The summed E-state index contributed by atoms with van der Waals surface area (Å²) in [5, 5.41) is 30.4. The molecule has 0 radical (unpaired) electrons. The van der Waals surface area contributed by atoms with Crippen molar-refractivity contribution in [1.82, 2.24) is 0 Å². The van der Waals surface area contributed by atoms with Crippen molar-refractivity contribution >= 4 is 11.8 Å². The van der Waals surface area contributed by atoms with Crippen molar-refractivity contribution in [3.8, 4) is 11.8 Å². The van der Waals surface area contributed by atoms with Gasteiger partial charge < -0.3 is 14.9 Å². The molecule has 0 aliphatic carbocycles. The summed E-state index contributed by atoms with van der Waals surface area (Å²) in [6.07, 6.45) is -1.82. The van der Waals surface area contributed by atoms with Gasteiger partial charge in [-0.05, 0) is 26.8 Å². The minimum absolute atomic E-state index is 0.119. The van der Waals surface area contributed by atoms with Crippen LogP contribution in [0.25, 0.3) is 0 Å². The number of nitrogens with zero attached hydrogens (tertiary/aromatic N) is 1. The number of amides is 1. The Morgan fingerprint density at radius 3 is 2.65 bits per heavy atom. The third kappa shape index (κ3) is 4.78. The molecule has 0 bridgehead atoms. The van der Waals surface area contributed by atoms with Gasteiger partial charge in [-0.1, -0.05) is 6.07 Å². The molecular formula is C14H18N2O4. The predicted octanol–water partition coefficient (Wildman–Crippen LogP) is 2.69. The number of aromatic hydroxyl groups is 1. The Balaban J connectivity index is 2.78. The van der Waals surface area contributed by atoms with E-state index in [-0.39, 0.29) is 17.7 Å². The normalized spacial score (nSPS) is 12.3. The number of ether oxygens (including phenoxy) is 1. The fourth-order valence-corrected chi connectivity index (χ4v) is 1.52. The van der Waals surface area contributed by atoms with Crippen LogP contribution in [0.1, 0.15) is 38.9 Å². The number of rotatable bonds is 3. The first-order chi connectivity index (χ1) is 9.23. The van der Waals surface area contributed by atoms with E-state index in [1.165, 1.54) is 18.2 Å². The zero-order valence-electron chi connectivity index (χ0n) is 11.7. The van der Waals surface area contributed by atoms with Crippen molar-refractivity contribution in [2.45, 2.75) is 38.9 Å². The third-order valence-corrected chi connectivity index (χ3v) is 2.32. The summed E-state index contributed by atoms with van der Waals surface area (Å²) in [6.45, 7) is 5.22. The molecule has 1 unspecified atom stereocenters. The molecule has 0 spiro atoms. The van der Waals surface area contributed by atoms with Gasteiger partial charge in [0.25, 0.3) is 0 Å². The van der Waals surface area contributed by atoms with Gasteiger partial charge in [0.05, 0.1) is 18.6 Å². The molecule has 6 nitrogen and oxygen atoms in total. The van der Waals surface area contributed by atoms with Crippen LogP contribution in [-0.4, -0.2) is 21.9 Å². The van der Waals surface area contributed by atoms with Gasteiger partial charge in [0.2, 0.25) is 0 Å². The first kappa shape index (κ1) is 15.8. The summed E-state index contributed by atoms with van der Waals surface area (Å²) < 4.78 is 5.07. The number of carbonyl (C=O) groups excluding carboxylic acids is 1. The Morgan fingerprint density at radius 2 is 2.15 bits per heavy atom. The molecule has 0 heterocycles. The van der Waals surface area contributed by atoms with E-state index < -0.39 is 17.8 Å². The lowest BCUT2D eigenvalue weighted by Crippen LogP contribution is -2.27. The van der Waals surface area contributed by atoms with Crippen LogP contribution in [0, 0.1) is 11.3 Å². The van der Waals surface area contributed by atoms with E-state index in [9.17, 15) is 15.0 Å². The Morgan fingerprint density at radius 1 is 1.50 bits per heavy atom. The highest BCUT2D eigenvalue weighted by atomic mass is 16.6. The van der Waals surface area contributed by atoms with Crippen molar-refractivity contribution in [3.05, 3.63) is 23.8 Å². The van der Waals surface area contributed by atoms with Gasteiger partial charge in [-0.25, -0.2) is 4.79 Å². The maximum Gasteiger partial charge on any atom is 0.412 e. The van der Waals surface area contributed by atoms with Crippen LogP contribution in [0.2, 0.25) is 0 Å². The zero-order valence-corrected chi connectivity index (χ0v) is 11.7. The minimum Gasteiger partial charge on any atom is -0.507 e. The van der Waals surface area contributed by atoms with Crippen molar-refractivity contribution in [3.63, 3.8) is 0 Å². The molecule has 1 aromatic rings. The van der Waals surface area contributed by atoms with Crippen LogP contribution >= 0.6 is 0 Å². The first-order valence-corrected chi connectivity index (χ1v) is 6.11. The van der Waals surface area contributed by atoms with E-state index >= 15 is 0 Å². The number of hydrogen-bond donors (Lipinski definition) is 3. The van der Waals surface area contributed by atoms with Crippen LogP contribution < -0.4 is 5.32 Å². The average Bonchev–Trinajstić information content (AvgIpc) is 2.26. The number of benzene rings is 1. The zero-order chi connectivity index (χ0) is 15.3. The van der Waals surface area contributed by atoms with Crippen LogP contribution in [0.15, 0.2) is 18.2 Å². The fraction of sp³-hybridized carbons (Fsp3) is 0.429. The van der Waals surface area contributed by atoms with Crippen LogP contribution in [0.5, 0.6) is 5.75 Å². The van der Waals surface area contributed by atoms with Gasteiger partial charge in [0, 0.05) is 17.3 Å². The van der Waals surface area contributed by atoms with Crippen molar-refractivity contribution < 1.29 is 19.7 Å². The van der Waals surface area contributed by atoms with Crippen molar-refractivity contribution in [1.29, 1.82) is 5.26 Å². The quantitative estimate of drug-likeness (QED) is 0.788. The Labute approximate surface area is 117 Å². The van der Waals surface area contributed by atoms with Crippen molar-refractivity contribution in [2.75, 3.05) is 5.32 Å². The smallest absolute Gasteiger partial charge is 0.412 e. The second kappa shape index (κ2) is 6.26. The topological polar surface area (TPSA) is 103 Å². The second-order valence-electron chi connectivity index (χ2n) is 5.28. The maximum absolute atomic E-state index is 11.6. The monoisotopic (exact) mass is 278 g/mol. The third-order valence-electron chi connectivity index (χ3n) is 2.32. The molecule has 0 aromatic heterocycles. The number of nitrogens with one attached hydrogen (secondary N) is 1. The molecule has 0 saturated heterocycles. The van der Waals surface area contributed by atoms with E-state index in [0.29, 0.717) is 5.69 Å². The molecule has 6 heteroatoms. The molecule has 0 saturated carbocycles. The predicted molar refractivity (Wildman–Crippen MR) is 73.2 cm³/mol. The van der Waals surface area contributed by atoms with E-state index in [4.69, 9.17) is 10.00 Å². The van der Waals surface area contributed by atoms with E-state index in [1.54, 1.807) is 20.8 Å². The molecule has 0 fully saturated rings. The Kier molecular flexibility index (Phi) is 4.94. The van der Waals surface area contributed by atoms with E-state index in [2.05, 4.69) is 5.32 Å². The fourth-order valence-electron chi connectivity index (χ4n) is 1.52. The number of phenolic OH excluding ortho intramolecular Hbond substituents is 1. The second-order valence-corrected chi connectivity index (χ2v) is 5.28. The molecule has 1 atom stereocenters. The van der Waals surface area contributed by atoms with Gasteiger partial charge in [-0.2, -0.15) is 5.26 Å². The minimum atomic E-state index is -1.06. The van der Waals surface area contributed by atoms with Gasteiger partial charge in [0.1, 0.15) is 11.4 Å².